The molecule has 0 aliphatic heterocycles. The minimum Gasteiger partial charge on any atom is -0.455 e. The normalized spacial score (nSPS) is 14.3. The first-order chi connectivity index (χ1) is 29.3. The lowest BCUT2D eigenvalue weighted by atomic mass is 9.79. The summed E-state index contributed by atoms with van der Waals surface area (Å²) in [7, 11) is 0. The van der Waals surface area contributed by atoms with E-state index in [1.54, 1.807) is 0 Å². The topological polar surface area (TPSA) is 16.4 Å². The van der Waals surface area contributed by atoms with Crippen molar-refractivity contribution in [3.8, 4) is 44.5 Å². The highest BCUT2D eigenvalue weighted by atomic mass is 16.3. The van der Waals surface area contributed by atoms with Gasteiger partial charge in [0.05, 0.1) is 5.69 Å². The lowest BCUT2D eigenvalue weighted by Gasteiger charge is -2.31. The van der Waals surface area contributed by atoms with Crippen molar-refractivity contribution in [2.24, 2.45) is 0 Å². The predicted molar refractivity (Wildman–Crippen MR) is 252 cm³/mol. The summed E-state index contributed by atoms with van der Waals surface area (Å²) in [6.45, 7) is 9.54. The first-order valence-electron chi connectivity index (χ1n) is 21.1. The van der Waals surface area contributed by atoms with Gasteiger partial charge in [0.2, 0.25) is 0 Å². The molecule has 1 aromatic heterocycles. The lowest BCUT2D eigenvalue weighted by Crippen LogP contribution is -2.17. The van der Waals surface area contributed by atoms with Crippen LogP contribution in [-0.2, 0) is 10.8 Å². The minimum absolute atomic E-state index is 0.143. The quantitative estimate of drug-likeness (QED) is 0.173. The molecule has 9 aromatic carbocycles. The van der Waals surface area contributed by atoms with Crippen LogP contribution in [0.2, 0.25) is 0 Å². The maximum absolute atomic E-state index is 6.51. The van der Waals surface area contributed by atoms with Crippen LogP contribution < -0.4 is 4.90 Å². The van der Waals surface area contributed by atoms with E-state index >= 15 is 0 Å². The van der Waals surface area contributed by atoms with Gasteiger partial charge >= 0.3 is 0 Å². The molecule has 12 rings (SSSR count). The predicted octanol–water partition coefficient (Wildman–Crippen LogP) is 16.2. The van der Waals surface area contributed by atoms with Gasteiger partial charge in [-0.1, -0.05) is 179 Å². The Morgan fingerprint density at radius 3 is 1.82 bits per heavy atom. The van der Waals surface area contributed by atoms with E-state index in [9.17, 15) is 0 Å². The number of hydrogen-bond donors (Lipinski definition) is 0. The number of nitrogens with zero attached hydrogens (tertiary/aromatic N) is 1. The zero-order chi connectivity index (χ0) is 40.3. The average Bonchev–Trinajstić information content (AvgIpc) is 3.87. The highest BCUT2D eigenvalue weighted by Crippen LogP contribution is 2.57. The van der Waals surface area contributed by atoms with Crippen molar-refractivity contribution in [1.29, 1.82) is 0 Å². The molecule has 2 aliphatic rings. The van der Waals surface area contributed by atoms with Crippen LogP contribution in [-0.4, -0.2) is 0 Å². The Kier molecular flexibility index (Phi) is 7.36. The molecule has 0 saturated carbocycles. The van der Waals surface area contributed by atoms with Gasteiger partial charge < -0.3 is 9.32 Å². The molecular weight excluding hydrogens is 727 g/mol. The Bertz CT molecular complexity index is 3370. The van der Waals surface area contributed by atoms with Crippen LogP contribution in [0.4, 0.5) is 17.1 Å². The van der Waals surface area contributed by atoms with Gasteiger partial charge in [0.1, 0.15) is 11.2 Å². The molecule has 0 radical (unpaired) electrons. The zero-order valence-corrected chi connectivity index (χ0v) is 34.3. The summed E-state index contributed by atoms with van der Waals surface area (Å²) in [5.74, 6) is 0. The fourth-order valence-corrected chi connectivity index (χ4v) is 10.8. The number of anilines is 3. The average molecular weight is 770 g/mol. The van der Waals surface area contributed by atoms with E-state index in [-0.39, 0.29) is 10.8 Å². The molecule has 0 bridgehead atoms. The van der Waals surface area contributed by atoms with E-state index in [2.05, 4.69) is 215 Å². The summed E-state index contributed by atoms with van der Waals surface area (Å²) in [4.78, 5) is 2.50. The van der Waals surface area contributed by atoms with E-state index in [4.69, 9.17) is 4.42 Å². The first-order valence-corrected chi connectivity index (χ1v) is 21.1. The van der Waals surface area contributed by atoms with Gasteiger partial charge in [0.25, 0.3) is 0 Å². The molecule has 0 amide bonds. The van der Waals surface area contributed by atoms with Crippen LogP contribution in [0.5, 0.6) is 0 Å². The van der Waals surface area contributed by atoms with Gasteiger partial charge in [-0.3, -0.25) is 0 Å². The Morgan fingerprint density at radius 2 is 0.983 bits per heavy atom. The number of fused-ring (bicyclic) bond motifs is 11. The van der Waals surface area contributed by atoms with Crippen LogP contribution in [0.1, 0.15) is 49.9 Å². The van der Waals surface area contributed by atoms with E-state index < -0.39 is 0 Å². The molecule has 0 fully saturated rings. The molecule has 0 unspecified atom stereocenters. The first kappa shape index (κ1) is 34.8. The fourth-order valence-electron chi connectivity index (χ4n) is 10.8. The molecule has 0 saturated heterocycles. The van der Waals surface area contributed by atoms with Gasteiger partial charge in [-0.25, -0.2) is 0 Å². The molecular formula is C58H43NO. The standard InChI is InChI=1S/C58H43NO/c1-57(2)49-25-12-10-18-42(49)43-33-32-39(34-51(43)57)59(38-30-28-37(29-31-38)41-23-14-24-47-45-20-11-13-27-53(45)60-56(41)47)52-35-48-54-40(36-16-6-5-7-17-36)22-15-26-50(54)58(3,4)55(48)46-21-9-8-19-44(46)52/h5-35H,1-4H3. The highest BCUT2D eigenvalue weighted by molar-refractivity contribution is 6.11. The maximum atomic E-state index is 6.51. The number of para-hydroxylation sites is 2. The molecule has 60 heavy (non-hydrogen) atoms. The smallest absolute Gasteiger partial charge is 0.143 e. The van der Waals surface area contributed by atoms with Crippen LogP contribution in [0.3, 0.4) is 0 Å². The summed E-state index contributed by atoms with van der Waals surface area (Å²) in [5.41, 5.74) is 20.4. The third-order valence-corrected chi connectivity index (χ3v) is 13.6. The molecule has 10 aromatic rings. The van der Waals surface area contributed by atoms with Crippen molar-refractivity contribution < 1.29 is 4.42 Å². The van der Waals surface area contributed by atoms with Crippen LogP contribution in [0.15, 0.2) is 192 Å². The summed E-state index contributed by atoms with van der Waals surface area (Å²) in [5, 5.41) is 4.80. The third-order valence-electron chi connectivity index (χ3n) is 13.6. The number of rotatable bonds is 5. The van der Waals surface area contributed by atoms with Gasteiger partial charge in [0.15, 0.2) is 0 Å². The van der Waals surface area contributed by atoms with Crippen molar-refractivity contribution in [1.82, 2.24) is 0 Å². The van der Waals surface area contributed by atoms with E-state index in [0.29, 0.717) is 0 Å². The molecule has 286 valence electrons. The molecule has 0 spiro atoms. The SMILES string of the molecule is CC1(C)c2ccccc2-c2ccc(N(c3ccc(-c4cccc5c4oc4ccccc45)cc3)c3cc4c(c5ccccc35)C(C)(C)c3cccc(-c5ccccc5)c3-4)cc21. The van der Waals surface area contributed by atoms with E-state index in [1.165, 1.54) is 66.4 Å². The molecule has 2 aliphatic carbocycles. The Morgan fingerprint density at radius 1 is 0.383 bits per heavy atom. The monoisotopic (exact) mass is 769 g/mol. The summed E-state index contributed by atoms with van der Waals surface area (Å²) in [6, 6.07) is 69.3. The number of furan rings is 1. The Labute approximate surface area is 351 Å². The third kappa shape index (κ3) is 4.88. The van der Waals surface area contributed by atoms with Crippen molar-refractivity contribution in [3.05, 3.63) is 210 Å². The minimum atomic E-state index is -0.193. The molecule has 0 N–H and O–H groups in total. The fraction of sp³-hybridized carbons (Fsp3) is 0.103. The lowest BCUT2D eigenvalue weighted by molar-refractivity contribution is 0.660. The van der Waals surface area contributed by atoms with Crippen LogP contribution in [0, 0.1) is 0 Å². The van der Waals surface area contributed by atoms with Crippen molar-refractivity contribution in [2.45, 2.75) is 38.5 Å². The second-order valence-electron chi connectivity index (χ2n) is 17.6. The molecule has 2 heteroatoms. The second-order valence-corrected chi connectivity index (χ2v) is 17.6. The summed E-state index contributed by atoms with van der Waals surface area (Å²) < 4.78 is 6.51. The summed E-state index contributed by atoms with van der Waals surface area (Å²) in [6.07, 6.45) is 0. The second kappa shape index (κ2) is 12.7. The summed E-state index contributed by atoms with van der Waals surface area (Å²) >= 11 is 0. The van der Waals surface area contributed by atoms with Gasteiger partial charge in [-0.2, -0.15) is 0 Å². The Hall–Kier alpha value is -7.16. The van der Waals surface area contributed by atoms with Crippen LogP contribution in [0.25, 0.3) is 77.2 Å². The van der Waals surface area contributed by atoms with Gasteiger partial charge in [-0.15, -0.1) is 0 Å². The van der Waals surface area contributed by atoms with Crippen LogP contribution >= 0.6 is 0 Å². The highest BCUT2D eigenvalue weighted by Gasteiger charge is 2.40. The van der Waals surface area contributed by atoms with E-state index in [0.717, 1.165) is 50.1 Å². The van der Waals surface area contributed by atoms with Gasteiger partial charge in [-0.05, 0) is 103 Å². The number of benzene rings is 9. The number of hydrogen-bond acceptors (Lipinski definition) is 2. The zero-order valence-electron chi connectivity index (χ0n) is 34.3. The molecule has 0 atom stereocenters. The van der Waals surface area contributed by atoms with Gasteiger partial charge in [0, 0.05) is 43.9 Å². The van der Waals surface area contributed by atoms with Crippen molar-refractivity contribution in [3.63, 3.8) is 0 Å². The molecule has 2 nitrogen and oxygen atoms in total. The van der Waals surface area contributed by atoms with Crippen molar-refractivity contribution >= 4 is 49.8 Å². The molecule has 1 heterocycles. The largest absolute Gasteiger partial charge is 0.455 e. The van der Waals surface area contributed by atoms with E-state index in [1.807, 2.05) is 6.07 Å². The maximum Gasteiger partial charge on any atom is 0.143 e. The Balaban J connectivity index is 1.11. The van der Waals surface area contributed by atoms with Crippen molar-refractivity contribution in [2.75, 3.05) is 4.90 Å².